The lowest BCUT2D eigenvalue weighted by atomic mass is 10.0. The number of H-pyrrole nitrogens is 1. The SMILES string of the molecule is CC1Cc2cc([C@H](C)NCc3cc(-c4ccncc4)n[nH]3)ccc2O1. The fraction of sp³-hybridized carbons (Fsp3) is 0.300. The Morgan fingerprint density at radius 3 is 2.92 bits per heavy atom. The van der Waals surface area contributed by atoms with Crippen molar-refractivity contribution in [2.45, 2.75) is 39.0 Å². The molecule has 0 radical (unpaired) electrons. The molecule has 1 unspecified atom stereocenters. The summed E-state index contributed by atoms with van der Waals surface area (Å²) in [7, 11) is 0. The minimum atomic E-state index is 0.258. The van der Waals surface area contributed by atoms with Crippen molar-refractivity contribution < 1.29 is 4.74 Å². The van der Waals surface area contributed by atoms with Gasteiger partial charge in [-0.2, -0.15) is 5.10 Å². The lowest BCUT2D eigenvalue weighted by molar-refractivity contribution is 0.254. The molecule has 0 saturated heterocycles. The highest BCUT2D eigenvalue weighted by Gasteiger charge is 2.20. The van der Waals surface area contributed by atoms with Crippen molar-refractivity contribution in [3.05, 3.63) is 65.6 Å². The van der Waals surface area contributed by atoms with Crippen molar-refractivity contribution in [2.24, 2.45) is 0 Å². The molecule has 2 atom stereocenters. The Bertz CT molecular complexity index is 859. The molecule has 5 heteroatoms. The van der Waals surface area contributed by atoms with E-state index in [2.05, 4.69) is 58.6 Å². The van der Waals surface area contributed by atoms with Gasteiger partial charge in [0, 0.05) is 42.7 Å². The van der Waals surface area contributed by atoms with Crippen molar-refractivity contribution in [1.82, 2.24) is 20.5 Å². The average molecular weight is 334 g/mol. The van der Waals surface area contributed by atoms with E-state index in [4.69, 9.17) is 4.74 Å². The fourth-order valence-electron chi connectivity index (χ4n) is 3.21. The molecule has 0 fully saturated rings. The monoisotopic (exact) mass is 334 g/mol. The molecular weight excluding hydrogens is 312 g/mol. The molecule has 3 aromatic rings. The van der Waals surface area contributed by atoms with Crippen molar-refractivity contribution in [3.63, 3.8) is 0 Å². The van der Waals surface area contributed by atoms with E-state index in [1.54, 1.807) is 12.4 Å². The lowest BCUT2D eigenvalue weighted by Crippen LogP contribution is -2.18. The number of ether oxygens (including phenoxy) is 1. The molecule has 1 aliphatic heterocycles. The Morgan fingerprint density at radius 1 is 1.24 bits per heavy atom. The first-order valence-electron chi connectivity index (χ1n) is 8.66. The van der Waals surface area contributed by atoms with Crippen LogP contribution in [0.15, 0.2) is 48.8 Å². The molecule has 0 amide bonds. The zero-order chi connectivity index (χ0) is 17.2. The molecule has 4 rings (SSSR count). The van der Waals surface area contributed by atoms with Crippen molar-refractivity contribution >= 4 is 0 Å². The van der Waals surface area contributed by atoms with Gasteiger partial charge < -0.3 is 10.1 Å². The molecule has 2 aromatic heterocycles. The van der Waals surface area contributed by atoms with Gasteiger partial charge in [0.1, 0.15) is 11.9 Å². The summed E-state index contributed by atoms with van der Waals surface area (Å²) in [6.45, 7) is 5.03. The summed E-state index contributed by atoms with van der Waals surface area (Å²) in [4.78, 5) is 4.04. The third-order valence-corrected chi connectivity index (χ3v) is 4.63. The number of benzene rings is 1. The highest BCUT2D eigenvalue weighted by molar-refractivity contribution is 5.58. The number of rotatable bonds is 5. The molecule has 5 nitrogen and oxygen atoms in total. The zero-order valence-electron chi connectivity index (χ0n) is 14.5. The summed E-state index contributed by atoms with van der Waals surface area (Å²) in [5, 5.41) is 11.0. The number of nitrogens with one attached hydrogen (secondary N) is 2. The van der Waals surface area contributed by atoms with E-state index >= 15 is 0 Å². The molecule has 0 aliphatic carbocycles. The van der Waals surface area contributed by atoms with Crippen LogP contribution in [0.4, 0.5) is 0 Å². The van der Waals surface area contributed by atoms with E-state index in [1.165, 1.54) is 11.1 Å². The molecule has 2 N–H and O–H groups in total. The zero-order valence-corrected chi connectivity index (χ0v) is 14.5. The first-order valence-corrected chi connectivity index (χ1v) is 8.66. The molecule has 128 valence electrons. The normalized spacial score (nSPS) is 17.1. The second kappa shape index (κ2) is 6.69. The van der Waals surface area contributed by atoms with Crippen LogP contribution in [-0.2, 0) is 13.0 Å². The van der Waals surface area contributed by atoms with E-state index in [0.717, 1.165) is 35.7 Å². The van der Waals surface area contributed by atoms with Crippen molar-refractivity contribution in [3.8, 4) is 17.0 Å². The van der Waals surface area contributed by atoms with E-state index in [9.17, 15) is 0 Å². The summed E-state index contributed by atoms with van der Waals surface area (Å²) >= 11 is 0. The third kappa shape index (κ3) is 3.42. The second-order valence-corrected chi connectivity index (χ2v) is 6.62. The number of hydrogen-bond donors (Lipinski definition) is 2. The highest BCUT2D eigenvalue weighted by Crippen LogP contribution is 2.31. The molecular formula is C20H22N4O. The summed E-state index contributed by atoms with van der Waals surface area (Å²) in [5.41, 5.74) is 5.66. The van der Waals surface area contributed by atoms with Crippen molar-refractivity contribution in [2.75, 3.05) is 0 Å². The van der Waals surface area contributed by atoms with Crippen LogP contribution in [-0.4, -0.2) is 21.3 Å². The van der Waals surface area contributed by atoms with Crippen LogP contribution in [0.5, 0.6) is 5.75 Å². The van der Waals surface area contributed by atoms with Gasteiger partial charge >= 0.3 is 0 Å². The average Bonchev–Trinajstić information content (AvgIpc) is 3.25. The Balaban J connectivity index is 1.40. The summed E-state index contributed by atoms with van der Waals surface area (Å²) in [5.74, 6) is 1.03. The van der Waals surface area contributed by atoms with Crippen LogP contribution in [0, 0.1) is 0 Å². The molecule has 1 aromatic carbocycles. The molecule has 25 heavy (non-hydrogen) atoms. The van der Waals surface area contributed by atoms with E-state index < -0.39 is 0 Å². The predicted molar refractivity (Wildman–Crippen MR) is 97.3 cm³/mol. The van der Waals surface area contributed by atoms with Gasteiger partial charge in [-0.25, -0.2) is 0 Å². The maximum absolute atomic E-state index is 5.78. The minimum Gasteiger partial charge on any atom is -0.490 e. The summed E-state index contributed by atoms with van der Waals surface area (Å²) in [6, 6.07) is 12.7. The molecule has 0 saturated carbocycles. The maximum atomic E-state index is 5.78. The Hall–Kier alpha value is -2.66. The topological polar surface area (TPSA) is 62.8 Å². The Kier molecular flexibility index (Phi) is 4.24. The number of pyridine rings is 1. The van der Waals surface area contributed by atoms with Gasteiger partial charge in [-0.15, -0.1) is 0 Å². The van der Waals surface area contributed by atoms with Crippen LogP contribution in [0.1, 0.15) is 36.7 Å². The minimum absolute atomic E-state index is 0.258. The van der Waals surface area contributed by atoms with Gasteiger partial charge in [0.2, 0.25) is 0 Å². The van der Waals surface area contributed by atoms with Gasteiger partial charge in [0.05, 0.1) is 5.69 Å². The van der Waals surface area contributed by atoms with Gasteiger partial charge in [-0.05, 0) is 49.2 Å². The van der Waals surface area contributed by atoms with Crippen LogP contribution in [0.2, 0.25) is 0 Å². The predicted octanol–water partition coefficient (Wildman–Crippen LogP) is 3.65. The lowest BCUT2D eigenvalue weighted by Gasteiger charge is -2.14. The standard InChI is InChI=1S/C20H22N4O/c1-13-9-17-10-16(3-4-20(17)25-13)14(2)22-12-18-11-19(24-23-18)15-5-7-21-8-6-15/h3-8,10-11,13-14,22H,9,12H2,1-2H3,(H,23,24)/t13?,14-/m0/s1. The summed E-state index contributed by atoms with van der Waals surface area (Å²) in [6.07, 6.45) is 4.83. The van der Waals surface area contributed by atoms with E-state index in [-0.39, 0.29) is 12.1 Å². The molecule has 0 spiro atoms. The van der Waals surface area contributed by atoms with Gasteiger partial charge in [0.25, 0.3) is 0 Å². The Morgan fingerprint density at radius 2 is 2.08 bits per heavy atom. The number of fused-ring (bicyclic) bond motifs is 1. The first kappa shape index (κ1) is 15.8. The summed E-state index contributed by atoms with van der Waals surface area (Å²) < 4.78 is 5.78. The first-order chi connectivity index (χ1) is 12.2. The van der Waals surface area contributed by atoms with Gasteiger partial charge in [-0.3, -0.25) is 10.1 Å². The van der Waals surface area contributed by atoms with Crippen LogP contribution in [0.25, 0.3) is 11.3 Å². The number of hydrogen-bond acceptors (Lipinski definition) is 4. The molecule has 1 aliphatic rings. The van der Waals surface area contributed by atoms with E-state index in [1.807, 2.05) is 12.1 Å². The van der Waals surface area contributed by atoms with E-state index in [0.29, 0.717) is 0 Å². The number of aromatic amines is 1. The van der Waals surface area contributed by atoms with Crippen molar-refractivity contribution in [1.29, 1.82) is 0 Å². The smallest absolute Gasteiger partial charge is 0.123 e. The largest absolute Gasteiger partial charge is 0.490 e. The highest BCUT2D eigenvalue weighted by atomic mass is 16.5. The maximum Gasteiger partial charge on any atom is 0.123 e. The van der Waals surface area contributed by atoms with Gasteiger partial charge in [-0.1, -0.05) is 12.1 Å². The molecule has 0 bridgehead atoms. The van der Waals surface area contributed by atoms with Crippen LogP contribution >= 0.6 is 0 Å². The molecule has 3 heterocycles. The Labute approximate surface area is 147 Å². The quantitative estimate of drug-likeness (QED) is 0.748. The van der Waals surface area contributed by atoms with Gasteiger partial charge in [0.15, 0.2) is 0 Å². The fourth-order valence-corrected chi connectivity index (χ4v) is 3.21. The number of nitrogens with zero attached hydrogens (tertiary/aromatic N) is 2. The van der Waals surface area contributed by atoms with Crippen LogP contribution in [0.3, 0.4) is 0 Å². The second-order valence-electron chi connectivity index (χ2n) is 6.62. The van der Waals surface area contributed by atoms with Crippen LogP contribution < -0.4 is 10.1 Å². The number of aromatic nitrogens is 3. The third-order valence-electron chi connectivity index (χ3n) is 4.63.